The number of carbonyl (C=O) groups is 3. The van der Waals surface area contributed by atoms with Crippen molar-refractivity contribution in [1.29, 1.82) is 0 Å². The number of hydrogen-bond donors (Lipinski definition) is 2. The van der Waals surface area contributed by atoms with Gasteiger partial charge in [-0.15, -0.1) is 0 Å². The van der Waals surface area contributed by atoms with Gasteiger partial charge in [0.1, 0.15) is 6.04 Å². The van der Waals surface area contributed by atoms with Crippen LogP contribution in [0.5, 0.6) is 0 Å². The molecule has 0 aliphatic carbocycles. The van der Waals surface area contributed by atoms with E-state index < -0.39 is 6.04 Å². The molecule has 3 rings (SSSR count). The number of benzene rings is 2. The molecule has 0 saturated carbocycles. The number of amides is 4. The van der Waals surface area contributed by atoms with Crippen molar-refractivity contribution in [3.8, 4) is 0 Å². The van der Waals surface area contributed by atoms with E-state index >= 15 is 0 Å². The van der Waals surface area contributed by atoms with Crippen molar-refractivity contribution in [2.24, 2.45) is 0 Å². The van der Waals surface area contributed by atoms with Gasteiger partial charge >= 0.3 is 6.03 Å². The molecule has 1 atom stereocenters. The number of nitrogens with one attached hydrogen (secondary N) is 2. The first kappa shape index (κ1) is 27.2. The zero-order valence-electron chi connectivity index (χ0n) is 21.7. The summed E-state index contributed by atoms with van der Waals surface area (Å²) in [4.78, 5) is 42.5. The van der Waals surface area contributed by atoms with E-state index in [1.807, 2.05) is 54.6 Å². The minimum Gasteiger partial charge on any atom is -0.340 e. The Morgan fingerprint density at radius 3 is 2.08 bits per heavy atom. The van der Waals surface area contributed by atoms with Crippen molar-refractivity contribution in [2.45, 2.75) is 58.4 Å². The predicted octanol–water partition coefficient (Wildman–Crippen LogP) is 4.02. The summed E-state index contributed by atoms with van der Waals surface area (Å²) in [7, 11) is 0. The molecule has 2 aromatic rings. The van der Waals surface area contributed by atoms with Crippen LogP contribution in [0.2, 0.25) is 0 Å². The Labute approximate surface area is 215 Å². The van der Waals surface area contributed by atoms with E-state index in [2.05, 4.69) is 24.5 Å². The molecule has 1 saturated heterocycles. The molecule has 1 aliphatic heterocycles. The van der Waals surface area contributed by atoms with Crippen molar-refractivity contribution in [2.75, 3.05) is 32.7 Å². The Morgan fingerprint density at radius 2 is 1.44 bits per heavy atom. The van der Waals surface area contributed by atoms with E-state index in [1.54, 1.807) is 9.80 Å². The van der Waals surface area contributed by atoms with Crippen LogP contribution in [0.3, 0.4) is 0 Å². The normalized spacial score (nSPS) is 14.3. The summed E-state index contributed by atoms with van der Waals surface area (Å²) >= 11 is 0. The van der Waals surface area contributed by atoms with E-state index in [1.165, 1.54) is 5.56 Å². The summed E-state index contributed by atoms with van der Waals surface area (Å²) in [6.07, 6.45) is 5.64. The van der Waals surface area contributed by atoms with Crippen LogP contribution in [-0.2, 0) is 17.6 Å². The quantitative estimate of drug-likeness (QED) is 0.465. The molecule has 1 aliphatic rings. The lowest BCUT2D eigenvalue weighted by molar-refractivity contribution is -0.134. The summed E-state index contributed by atoms with van der Waals surface area (Å²) in [5.41, 5.74) is 2.75. The fourth-order valence-electron chi connectivity index (χ4n) is 4.33. The van der Waals surface area contributed by atoms with Crippen molar-refractivity contribution in [3.05, 3.63) is 71.3 Å². The number of unbranched alkanes of at least 4 members (excludes halogenated alkanes) is 2. The third-order valence-electron chi connectivity index (χ3n) is 6.61. The zero-order chi connectivity index (χ0) is 25.8. The highest BCUT2D eigenvalue weighted by Crippen LogP contribution is 2.12. The molecular formula is C29H40N4O3. The second-order valence-corrected chi connectivity index (χ2v) is 9.41. The standard InChI is InChI=1S/C29H40N4O3/c1-3-5-10-23-13-15-25(16-14-23)27(34)31-26(22-24-11-8-7-9-12-24)28(35)32-18-20-33(21-19-32)29(36)30-17-6-4-2/h7-9,11-16,26H,3-6,10,17-22H2,1-2H3,(H,30,36)(H,31,34). The largest absolute Gasteiger partial charge is 0.340 e. The van der Waals surface area contributed by atoms with Crippen LogP contribution in [0.4, 0.5) is 4.79 Å². The molecule has 36 heavy (non-hydrogen) atoms. The van der Waals surface area contributed by atoms with Gasteiger partial charge in [0.25, 0.3) is 5.91 Å². The molecule has 0 bridgehead atoms. The van der Waals surface area contributed by atoms with Crippen molar-refractivity contribution in [1.82, 2.24) is 20.4 Å². The van der Waals surface area contributed by atoms with E-state index in [4.69, 9.17) is 0 Å². The third kappa shape index (κ3) is 8.11. The van der Waals surface area contributed by atoms with Crippen LogP contribution < -0.4 is 10.6 Å². The van der Waals surface area contributed by atoms with E-state index in [0.717, 1.165) is 37.7 Å². The summed E-state index contributed by atoms with van der Waals surface area (Å²) in [6.45, 7) is 6.78. The van der Waals surface area contributed by atoms with E-state index in [-0.39, 0.29) is 17.8 Å². The second-order valence-electron chi connectivity index (χ2n) is 9.41. The number of rotatable bonds is 11. The number of piperazine rings is 1. The van der Waals surface area contributed by atoms with Crippen LogP contribution in [0, 0.1) is 0 Å². The van der Waals surface area contributed by atoms with Gasteiger partial charge in [-0.3, -0.25) is 9.59 Å². The van der Waals surface area contributed by atoms with Gasteiger partial charge in [0.15, 0.2) is 0 Å². The summed E-state index contributed by atoms with van der Waals surface area (Å²) < 4.78 is 0. The van der Waals surface area contributed by atoms with Gasteiger partial charge < -0.3 is 20.4 Å². The highest BCUT2D eigenvalue weighted by atomic mass is 16.2. The fourth-order valence-corrected chi connectivity index (χ4v) is 4.33. The number of hydrogen-bond acceptors (Lipinski definition) is 3. The molecule has 1 unspecified atom stereocenters. The highest BCUT2D eigenvalue weighted by molar-refractivity contribution is 5.97. The van der Waals surface area contributed by atoms with Gasteiger partial charge in [-0.1, -0.05) is 69.2 Å². The molecule has 1 fully saturated rings. The smallest absolute Gasteiger partial charge is 0.317 e. The van der Waals surface area contributed by atoms with Crippen molar-refractivity contribution < 1.29 is 14.4 Å². The maximum Gasteiger partial charge on any atom is 0.317 e. The van der Waals surface area contributed by atoms with Crippen molar-refractivity contribution in [3.63, 3.8) is 0 Å². The fraction of sp³-hybridized carbons (Fsp3) is 0.483. The Hall–Kier alpha value is -3.35. The topological polar surface area (TPSA) is 81.8 Å². The number of carbonyl (C=O) groups excluding carboxylic acids is 3. The molecular weight excluding hydrogens is 452 g/mol. The lowest BCUT2D eigenvalue weighted by atomic mass is 10.0. The van der Waals surface area contributed by atoms with Gasteiger partial charge in [-0.2, -0.15) is 0 Å². The Morgan fingerprint density at radius 1 is 0.806 bits per heavy atom. The van der Waals surface area contributed by atoms with E-state index in [9.17, 15) is 14.4 Å². The number of aryl methyl sites for hydroxylation is 1. The molecule has 7 heteroatoms. The van der Waals surface area contributed by atoms with Gasteiger partial charge in [0, 0.05) is 44.7 Å². The average molecular weight is 493 g/mol. The maximum atomic E-state index is 13.5. The van der Waals surface area contributed by atoms with Gasteiger partial charge in [0.2, 0.25) is 5.91 Å². The summed E-state index contributed by atoms with van der Waals surface area (Å²) in [5, 5.41) is 5.93. The van der Waals surface area contributed by atoms with Crippen LogP contribution >= 0.6 is 0 Å². The van der Waals surface area contributed by atoms with Crippen LogP contribution in [0.15, 0.2) is 54.6 Å². The molecule has 194 valence electrons. The Bertz CT molecular complexity index is 970. The number of nitrogens with zero attached hydrogens (tertiary/aromatic N) is 2. The number of urea groups is 1. The minimum absolute atomic E-state index is 0.0768. The molecule has 2 N–H and O–H groups in total. The maximum absolute atomic E-state index is 13.5. The van der Waals surface area contributed by atoms with E-state index in [0.29, 0.717) is 44.7 Å². The minimum atomic E-state index is -0.676. The van der Waals surface area contributed by atoms with Gasteiger partial charge in [-0.25, -0.2) is 4.79 Å². The van der Waals surface area contributed by atoms with Crippen LogP contribution in [0.25, 0.3) is 0 Å². The second kappa shape index (κ2) is 14.3. The molecule has 1 heterocycles. The molecule has 0 radical (unpaired) electrons. The Balaban J connectivity index is 1.64. The summed E-state index contributed by atoms with van der Waals surface area (Å²) in [5.74, 6) is -0.363. The first-order valence-electron chi connectivity index (χ1n) is 13.3. The lowest BCUT2D eigenvalue weighted by Gasteiger charge is -2.36. The molecule has 0 aromatic heterocycles. The predicted molar refractivity (Wildman–Crippen MR) is 143 cm³/mol. The van der Waals surface area contributed by atoms with Crippen LogP contribution in [-0.4, -0.2) is 66.4 Å². The summed E-state index contributed by atoms with van der Waals surface area (Å²) in [6, 6.07) is 16.6. The van der Waals surface area contributed by atoms with Crippen LogP contribution in [0.1, 0.15) is 61.0 Å². The molecule has 4 amide bonds. The lowest BCUT2D eigenvalue weighted by Crippen LogP contribution is -2.57. The molecule has 7 nitrogen and oxygen atoms in total. The molecule has 0 spiro atoms. The highest BCUT2D eigenvalue weighted by Gasteiger charge is 2.30. The third-order valence-corrected chi connectivity index (χ3v) is 6.61. The van der Waals surface area contributed by atoms with Gasteiger partial charge in [-0.05, 0) is 42.5 Å². The first-order chi connectivity index (χ1) is 17.5. The molecule has 2 aromatic carbocycles. The first-order valence-corrected chi connectivity index (χ1v) is 13.3. The SMILES string of the molecule is CCCCNC(=O)N1CCN(C(=O)C(Cc2ccccc2)NC(=O)c2ccc(CCCC)cc2)CC1. The Kier molecular flexibility index (Phi) is 10.8. The van der Waals surface area contributed by atoms with Gasteiger partial charge in [0.05, 0.1) is 0 Å². The monoisotopic (exact) mass is 492 g/mol. The average Bonchev–Trinajstić information content (AvgIpc) is 2.92. The van der Waals surface area contributed by atoms with Crippen molar-refractivity contribution >= 4 is 17.8 Å². The zero-order valence-corrected chi connectivity index (χ0v) is 21.7.